The van der Waals surface area contributed by atoms with Crippen LogP contribution in [-0.2, 0) is 0 Å². The van der Waals surface area contributed by atoms with Crippen molar-refractivity contribution in [2.24, 2.45) is 0 Å². The summed E-state index contributed by atoms with van der Waals surface area (Å²) in [6, 6.07) is 11.5. The number of benzene rings is 2. The number of piperidine rings is 1. The van der Waals surface area contributed by atoms with Crippen LogP contribution in [0.5, 0.6) is 0 Å². The van der Waals surface area contributed by atoms with E-state index < -0.39 is 10.6 Å². The Bertz CT molecular complexity index is 980. The van der Waals surface area contributed by atoms with Crippen molar-refractivity contribution in [3.8, 4) is 0 Å². The maximum Gasteiger partial charge on any atom is 0.270 e. The molecule has 0 radical (unpaired) electrons. The molecule has 0 aliphatic carbocycles. The van der Waals surface area contributed by atoms with Crippen LogP contribution >= 0.6 is 0 Å². The number of nitro groups is 1. The smallest absolute Gasteiger partial charge is 0.270 e. The van der Waals surface area contributed by atoms with Crippen LogP contribution in [0.2, 0.25) is 0 Å². The van der Waals surface area contributed by atoms with Gasteiger partial charge in [0.15, 0.2) is 0 Å². The molecule has 1 spiro atoms. The van der Waals surface area contributed by atoms with Gasteiger partial charge in [-0.1, -0.05) is 18.2 Å². The Balaban J connectivity index is 1.49. The largest absolute Gasteiger partial charge is 0.362 e. The zero-order chi connectivity index (χ0) is 19.9. The topological polar surface area (TPSA) is 105 Å². The molecule has 1 saturated heterocycles. The molecule has 0 saturated carbocycles. The van der Waals surface area contributed by atoms with Crippen molar-refractivity contribution in [2.45, 2.75) is 25.4 Å². The number of nitrogens with zero attached hydrogens (tertiary/aromatic N) is 2. The number of nitro benzene ring substituents is 1. The first-order chi connectivity index (χ1) is 13.4. The molecule has 0 aromatic heterocycles. The fourth-order valence-electron chi connectivity index (χ4n) is 3.92. The second-order valence-electron chi connectivity index (χ2n) is 7.26. The molecule has 2 aliphatic rings. The minimum atomic E-state index is -0.586. The summed E-state index contributed by atoms with van der Waals surface area (Å²) in [6.07, 6.45) is 1.10. The third-order valence-electron chi connectivity index (χ3n) is 5.43. The molecule has 28 heavy (non-hydrogen) atoms. The fraction of sp³-hybridized carbons (Fsp3) is 0.300. The van der Waals surface area contributed by atoms with Gasteiger partial charge in [-0.05, 0) is 24.6 Å². The molecule has 0 bridgehead atoms. The van der Waals surface area contributed by atoms with Gasteiger partial charge < -0.3 is 15.5 Å². The molecule has 0 unspecified atom stereocenters. The number of amides is 2. The van der Waals surface area contributed by atoms with Crippen LogP contribution < -0.4 is 10.6 Å². The van der Waals surface area contributed by atoms with E-state index in [9.17, 15) is 19.7 Å². The number of carbonyl (C=O) groups excluding carboxylic acids is 2. The van der Waals surface area contributed by atoms with Gasteiger partial charge in [-0.2, -0.15) is 0 Å². The maximum atomic E-state index is 12.7. The monoisotopic (exact) mass is 380 g/mol. The summed E-state index contributed by atoms with van der Waals surface area (Å²) < 4.78 is 0. The second kappa shape index (κ2) is 6.63. The highest BCUT2D eigenvalue weighted by Gasteiger charge is 2.41. The summed E-state index contributed by atoms with van der Waals surface area (Å²) >= 11 is 0. The van der Waals surface area contributed by atoms with E-state index in [0.29, 0.717) is 37.1 Å². The molecular formula is C20H20N4O4. The van der Waals surface area contributed by atoms with E-state index in [2.05, 4.69) is 10.6 Å². The van der Waals surface area contributed by atoms with Crippen LogP contribution in [0.15, 0.2) is 42.5 Å². The number of hydrogen-bond donors (Lipinski definition) is 2. The Morgan fingerprint density at radius 1 is 1.14 bits per heavy atom. The number of nitrogens with one attached hydrogen (secondary N) is 2. The van der Waals surface area contributed by atoms with Crippen molar-refractivity contribution in [2.75, 3.05) is 18.4 Å². The van der Waals surface area contributed by atoms with E-state index >= 15 is 0 Å². The fourth-order valence-corrected chi connectivity index (χ4v) is 3.92. The quantitative estimate of drug-likeness (QED) is 0.616. The van der Waals surface area contributed by atoms with Crippen molar-refractivity contribution in [1.29, 1.82) is 0 Å². The molecule has 2 aromatic carbocycles. The molecule has 8 heteroatoms. The first-order valence-electron chi connectivity index (χ1n) is 9.13. The number of aryl methyl sites for hydroxylation is 1. The first kappa shape index (κ1) is 18.0. The SMILES string of the molecule is Cc1cccc2c1C(=O)NC1(CCN(C(=O)c3cccc([N+](=O)[O-])c3)CC1)N2. The summed E-state index contributed by atoms with van der Waals surface area (Å²) in [7, 11) is 0. The van der Waals surface area contributed by atoms with Crippen molar-refractivity contribution in [1.82, 2.24) is 10.2 Å². The highest BCUT2D eigenvalue weighted by molar-refractivity contribution is 6.03. The molecule has 4 rings (SSSR count). The van der Waals surface area contributed by atoms with Gasteiger partial charge in [-0.25, -0.2) is 0 Å². The lowest BCUT2D eigenvalue weighted by Gasteiger charge is -2.46. The van der Waals surface area contributed by atoms with Gasteiger partial charge in [-0.15, -0.1) is 0 Å². The van der Waals surface area contributed by atoms with E-state index in [0.717, 1.165) is 11.3 Å². The van der Waals surface area contributed by atoms with Crippen molar-refractivity contribution in [3.63, 3.8) is 0 Å². The molecule has 2 N–H and O–H groups in total. The van der Waals surface area contributed by atoms with Crippen LogP contribution in [0.1, 0.15) is 39.1 Å². The third kappa shape index (κ3) is 3.06. The third-order valence-corrected chi connectivity index (χ3v) is 5.43. The van der Waals surface area contributed by atoms with Crippen molar-refractivity contribution in [3.05, 3.63) is 69.3 Å². The highest BCUT2D eigenvalue weighted by atomic mass is 16.6. The summed E-state index contributed by atoms with van der Waals surface area (Å²) in [5, 5.41) is 17.5. The Kier molecular flexibility index (Phi) is 4.26. The van der Waals surface area contributed by atoms with E-state index in [4.69, 9.17) is 0 Å². The molecule has 2 heterocycles. The number of carbonyl (C=O) groups is 2. The minimum Gasteiger partial charge on any atom is -0.362 e. The second-order valence-corrected chi connectivity index (χ2v) is 7.26. The predicted octanol–water partition coefficient (Wildman–Crippen LogP) is 2.69. The number of rotatable bonds is 2. The van der Waals surface area contributed by atoms with E-state index in [1.54, 1.807) is 11.0 Å². The number of hydrogen-bond acceptors (Lipinski definition) is 5. The van der Waals surface area contributed by atoms with Crippen LogP contribution in [-0.4, -0.2) is 40.4 Å². The predicted molar refractivity (Wildman–Crippen MR) is 103 cm³/mol. The molecule has 8 nitrogen and oxygen atoms in total. The highest BCUT2D eigenvalue weighted by Crippen LogP contribution is 2.33. The average Bonchev–Trinajstić information content (AvgIpc) is 2.68. The van der Waals surface area contributed by atoms with Gasteiger partial charge in [-0.3, -0.25) is 19.7 Å². The first-order valence-corrected chi connectivity index (χ1v) is 9.13. The van der Waals surface area contributed by atoms with E-state index in [1.807, 2.05) is 25.1 Å². The Morgan fingerprint density at radius 3 is 2.57 bits per heavy atom. The lowest BCUT2D eigenvalue weighted by Crippen LogP contribution is -2.62. The maximum absolute atomic E-state index is 12.7. The number of likely N-dealkylation sites (tertiary alicyclic amines) is 1. The Labute approximate surface area is 161 Å². The van der Waals surface area contributed by atoms with Crippen LogP contribution in [0.4, 0.5) is 11.4 Å². The summed E-state index contributed by atoms with van der Waals surface area (Å²) in [5.74, 6) is -0.345. The standard InChI is InChI=1S/C20H20N4O4/c1-13-4-2-7-16-17(13)18(25)22-20(21-16)8-10-23(11-9-20)19(26)14-5-3-6-15(12-14)24(27)28/h2-7,12,21H,8-11H2,1H3,(H,22,25). The Hall–Kier alpha value is -3.42. The molecule has 2 aromatic rings. The van der Waals surface area contributed by atoms with Crippen molar-refractivity contribution >= 4 is 23.2 Å². The van der Waals surface area contributed by atoms with Crippen molar-refractivity contribution < 1.29 is 14.5 Å². The van der Waals surface area contributed by atoms with Gasteiger partial charge in [0.05, 0.1) is 10.5 Å². The molecule has 1 fully saturated rings. The number of fused-ring (bicyclic) bond motifs is 1. The normalized spacial score (nSPS) is 17.5. The molecule has 144 valence electrons. The number of non-ortho nitro benzene ring substituents is 1. The van der Waals surface area contributed by atoms with E-state index in [1.165, 1.54) is 18.2 Å². The lowest BCUT2D eigenvalue weighted by molar-refractivity contribution is -0.384. The number of anilines is 1. The van der Waals surface area contributed by atoms with Crippen LogP contribution in [0.3, 0.4) is 0 Å². The van der Waals surface area contributed by atoms with Gasteiger partial charge in [0.1, 0.15) is 5.66 Å². The van der Waals surface area contributed by atoms with Crippen LogP contribution in [0, 0.1) is 17.0 Å². The zero-order valence-electron chi connectivity index (χ0n) is 15.4. The average molecular weight is 380 g/mol. The summed E-state index contributed by atoms with van der Waals surface area (Å²) in [6.45, 7) is 2.78. The van der Waals surface area contributed by atoms with Crippen LogP contribution in [0.25, 0.3) is 0 Å². The summed E-state index contributed by atoms with van der Waals surface area (Å²) in [5.41, 5.74) is 1.98. The molecular weight excluding hydrogens is 360 g/mol. The molecule has 2 amide bonds. The zero-order valence-corrected chi connectivity index (χ0v) is 15.4. The van der Waals surface area contributed by atoms with Gasteiger partial charge in [0.25, 0.3) is 17.5 Å². The van der Waals surface area contributed by atoms with Gasteiger partial charge in [0.2, 0.25) is 0 Å². The van der Waals surface area contributed by atoms with Gasteiger partial charge in [0, 0.05) is 49.3 Å². The lowest BCUT2D eigenvalue weighted by atomic mass is 9.91. The summed E-state index contributed by atoms with van der Waals surface area (Å²) in [4.78, 5) is 37.5. The van der Waals surface area contributed by atoms with Gasteiger partial charge >= 0.3 is 0 Å². The minimum absolute atomic E-state index is 0.104. The molecule has 0 atom stereocenters. The molecule has 2 aliphatic heterocycles. The Morgan fingerprint density at radius 2 is 1.86 bits per heavy atom. The van der Waals surface area contributed by atoms with E-state index in [-0.39, 0.29) is 17.5 Å².